The summed E-state index contributed by atoms with van der Waals surface area (Å²) in [7, 11) is 0. The Morgan fingerprint density at radius 2 is 1.93 bits per heavy atom. The molecule has 0 saturated heterocycles. The molecule has 0 spiro atoms. The molecule has 8 heteroatoms. The van der Waals surface area contributed by atoms with Crippen molar-refractivity contribution in [3.63, 3.8) is 0 Å². The van der Waals surface area contributed by atoms with Gasteiger partial charge in [0.05, 0.1) is 22.3 Å². The first-order valence-corrected chi connectivity index (χ1v) is 8.84. The number of nitrogens with one attached hydrogen (secondary N) is 2. The van der Waals surface area contributed by atoms with Crippen molar-refractivity contribution in [2.45, 2.75) is 34.1 Å². The third-order valence-electron chi connectivity index (χ3n) is 4.19. The van der Waals surface area contributed by atoms with Crippen LogP contribution in [-0.4, -0.2) is 35.7 Å². The zero-order valence-electron chi connectivity index (χ0n) is 16.0. The van der Waals surface area contributed by atoms with Crippen molar-refractivity contribution in [1.82, 2.24) is 20.8 Å². The number of hydrogen-bond acceptors (Lipinski definition) is 6. The van der Waals surface area contributed by atoms with Crippen molar-refractivity contribution in [3.8, 4) is 11.3 Å². The fourth-order valence-electron chi connectivity index (χ4n) is 2.96. The zero-order valence-corrected chi connectivity index (χ0v) is 16.8. The molecule has 3 heterocycles. The van der Waals surface area contributed by atoms with E-state index in [-0.39, 0.29) is 18.3 Å². The van der Waals surface area contributed by atoms with Crippen LogP contribution in [0.15, 0.2) is 21.1 Å². The van der Waals surface area contributed by atoms with E-state index in [4.69, 9.17) is 8.94 Å². The molecule has 3 rings (SSSR count). The summed E-state index contributed by atoms with van der Waals surface area (Å²) in [5.41, 5.74) is 2.99. The van der Waals surface area contributed by atoms with Crippen molar-refractivity contribution < 1.29 is 13.7 Å². The molecule has 146 valence electrons. The maximum atomic E-state index is 12.8. The highest BCUT2D eigenvalue weighted by atomic mass is 35.5. The Labute approximate surface area is 164 Å². The lowest BCUT2D eigenvalue weighted by atomic mass is 10.1. The number of carbonyl (C=O) groups excluding carboxylic acids is 1. The highest BCUT2D eigenvalue weighted by Crippen LogP contribution is 2.30. The van der Waals surface area contributed by atoms with Crippen LogP contribution in [-0.2, 0) is 0 Å². The summed E-state index contributed by atoms with van der Waals surface area (Å²) in [5, 5.41) is 10.8. The van der Waals surface area contributed by atoms with E-state index in [1.165, 1.54) is 0 Å². The van der Waals surface area contributed by atoms with Gasteiger partial charge in [-0.05, 0) is 45.9 Å². The third kappa shape index (κ3) is 4.48. The molecule has 0 aliphatic rings. The molecule has 0 atom stereocenters. The monoisotopic (exact) mass is 392 g/mol. The van der Waals surface area contributed by atoms with Gasteiger partial charge in [-0.25, -0.2) is 4.98 Å². The van der Waals surface area contributed by atoms with Crippen molar-refractivity contribution in [2.24, 2.45) is 0 Å². The normalized spacial score (nSPS) is 10.8. The predicted octanol–water partition coefficient (Wildman–Crippen LogP) is 3.56. The van der Waals surface area contributed by atoms with E-state index in [1.54, 1.807) is 13.0 Å². The van der Waals surface area contributed by atoms with Crippen LogP contribution in [0.3, 0.4) is 0 Å². The number of nitrogens with zero attached hydrogens (tertiary/aromatic N) is 2. The van der Waals surface area contributed by atoms with Crippen molar-refractivity contribution in [2.75, 3.05) is 19.6 Å². The smallest absolute Gasteiger partial charge is 0.259 e. The molecule has 0 aliphatic carbocycles. The quantitative estimate of drug-likeness (QED) is 0.597. The fourth-order valence-corrected chi connectivity index (χ4v) is 2.96. The Morgan fingerprint density at radius 1 is 1.15 bits per heavy atom. The molecule has 0 aliphatic heterocycles. The van der Waals surface area contributed by atoms with E-state index in [0.29, 0.717) is 34.6 Å². The van der Waals surface area contributed by atoms with Crippen LogP contribution in [0.1, 0.15) is 40.9 Å². The largest absolute Gasteiger partial charge is 0.466 e. The van der Waals surface area contributed by atoms with Crippen LogP contribution in [0.25, 0.3) is 22.4 Å². The standard InChI is InChI=1S/C19H24N4O3.ClH/c1-5-6-20-7-8-21-18(24)15-10-16(14-9-11(2)25-13(14)4)22-19-17(15)12(3)23-26-19;/h9-10,20H,5-8H2,1-4H3,(H,21,24);1H. The molecule has 3 aromatic rings. The van der Waals surface area contributed by atoms with Gasteiger partial charge < -0.3 is 19.6 Å². The average Bonchev–Trinajstić information content (AvgIpc) is 3.15. The summed E-state index contributed by atoms with van der Waals surface area (Å²) >= 11 is 0. The van der Waals surface area contributed by atoms with Gasteiger partial charge in [0, 0.05) is 18.7 Å². The first-order chi connectivity index (χ1) is 12.5. The molecule has 0 fully saturated rings. The maximum absolute atomic E-state index is 12.8. The van der Waals surface area contributed by atoms with Crippen molar-refractivity contribution in [1.29, 1.82) is 0 Å². The second-order valence-electron chi connectivity index (χ2n) is 6.34. The Morgan fingerprint density at radius 3 is 2.59 bits per heavy atom. The minimum absolute atomic E-state index is 0. The number of halogens is 1. The molecule has 0 aromatic carbocycles. The molecule has 2 N–H and O–H groups in total. The Hall–Kier alpha value is -2.38. The topological polar surface area (TPSA) is 93.2 Å². The van der Waals surface area contributed by atoms with E-state index in [2.05, 4.69) is 27.7 Å². The molecule has 0 saturated carbocycles. The summed E-state index contributed by atoms with van der Waals surface area (Å²) in [4.78, 5) is 17.3. The van der Waals surface area contributed by atoms with Crippen LogP contribution in [0.5, 0.6) is 0 Å². The predicted molar refractivity (Wildman–Crippen MR) is 106 cm³/mol. The van der Waals surface area contributed by atoms with E-state index < -0.39 is 0 Å². The third-order valence-corrected chi connectivity index (χ3v) is 4.19. The number of aryl methyl sites for hydroxylation is 3. The van der Waals surface area contributed by atoms with Gasteiger partial charge in [-0.3, -0.25) is 4.79 Å². The lowest BCUT2D eigenvalue weighted by Gasteiger charge is -2.08. The minimum atomic E-state index is -0.166. The fraction of sp³-hybridized carbons (Fsp3) is 0.421. The second kappa shape index (κ2) is 9.01. The minimum Gasteiger partial charge on any atom is -0.466 e. The molecular formula is C19H25ClN4O3. The van der Waals surface area contributed by atoms with Crippen LogP contribution in [0, 0.1) is 20.8 Å². The van der Waals surface area contributed by atoms with Crippen LogP contribution >= 0.6 is 12.4 Å². The van der Waals surface area contributed by atoms with Gasteiger partial charge >= 0.3 is 0 Å². The van der Waals surface area contributed by atoms with Gasteiger partial charge in [0.2, 0.25) is 0 Å². The van der Waals surface area contributed by atoms with Gasteiger partial charge in [-0.15, -0.1) is 12.4 Å². The first kappa shape index (κ1) is 20.9. The number of pyridine rings is 1. The van der Waals surface area contributed by atoms with E-state index >= 15 is 0 Å². The number of hydrogen-bond donors (Lipinski definition) is 2. The van der Waals surface area contributed by atoms with Gasteiger partial charge in [-0.1, -0.05) is 12.1 Å². The highest BCUT2D eigenvalue weighted by molar-refractivity contribution is 6.07. The molecule has 27 heavy (non-hydrogen) atoms. The SMILES string of the molecule is CCCNCCNC(=O)c1cc(-c2cc(C)oc2C)nc2onc(C)c12.Cl. The number of aromatic nitrogens is 2. The van der Waals surface area contributed by atoms with Gasteiger partial charge in [0.1, 0.15) is 11.5 Å². The summed E-state index contributed by atoms with van der Waals surface area (Å²) in [5.74, 6) is 1.38. The number of amides is 1. The molecule has 0 radical (unpaired) electrons. The number of carbonyl (C=O) groups is 1. The Balaban J connectivity index is 0.00000261. The van der Waals surface area contributed by atoms with Gasteiger partial charge in [0.25, 0.3) is 11.6 Å². The number of furan rings is 1. The average molecular weight is 393 g/mol. The van der Waals surface area contributed by atoms with Crippen molar-refractivity contribution in [3.05, 3.63) is 34.9 Å². The Bertz CT molecular complexity index is 933. The lowest BCUT2D eigenvalue weighted by molar-refractivity contribution is 0.0955. The van der Waals surface area contributed by atoms with E-state index in [0.717, 1.165) is 36.6 Å². The van der Waals surface area contributed by atoms with Crippen LogP contribution < -0.4 is 10.6 Å². The maximum Gasteiger partial charge on any atom is 0.259 e. The summed E-state index contributed by atoms with van der Waals surface area (Å²) in [6.07, 6.45) is 1.06. The lowest BCUT2D eigenvalue weighted by Crippen LogP contribution is -2.32. The molecular weight excluding hydrogens is 368 g/mol. The van der Waals surface area contributed by atoms with Crippen LogP contribution in [0.4, 0.5) is 0 Å². The Kier molecular flexibility index (Phi) is 6.98. The van der Waals surface area contributed by atoms with Crippen LogP contribution in [0.2, 0.25) is 0 Å². The van der Waals surface area contributed by atoms with Gasteiger partial charge in [-0.2, -0.15) is 0 Å². The zero-order chi connectivity index (χ0) is 18.7. The molecule has 1 amide bonds. The number of fused-ring (bicyclic) bond motifs is 1. The summed E-state index contributed by atoms with van der Waals surface area (Å²) in [6.45, 7) is 9.87. The molecule has 3 aromatic heterocycles. The van der Waals surface area contributed by atoms with E-state index in [9.17, 15) is 4.79 Å². The molecule has 7 nitrogen and oxygen atoms in total. The first-order valence-electron chi connectivity index (χ1n) is 8.84. The van der Waals surface area contributed by atoms with Gasteiger partial charge in [0.15, 0.2) is 0 Å². The summed E-state index contributed by atoms with van der Waals surface area (Å²) < 4.78 is 10.9. The summed E-state index contributed by atoms with van der Waals surface area (Å²) in [6, 6.07) is 3.68. The van der Waals surface area contributed by atoms with E-state index in [1.807, 2.05) is 19.9 Å². The molecule has 0 unspecified atom stereocenters. The highest BCUT2D eigenvalue weighted by Gasteiger charge is 2.20. The second-order valence-corrected chi connectivity index (χ2v) is 6.34. The number of rotatable bonds is 7. The molecule has 0 bridgehead atoms. The van der Waals surface area contributed by atoms with Crippen molar-refractivity contribution >= 4 is 29.4 Å².